The molecule has 0 aliphatic carbocycles. The molecule has 7 aromatic carbocycles. The molecule has 0 atom stereocenters. The smallest absolute Gasteiger partial charge is 0.0480 e. The SMILES string of the molecule is N.Nc1c2ccccc2cc2c(-c3ccccc3)c(-c3ccccc3)c(-c3ccccc3)c(-c3ccccc3)c12. The number of hydrogen-bond donors (Lipinski definition) is 2. The molecule has 0 bridgehead atoms. The molecule has 0 saturated heterocycles. The first-order chi connectivity index (χ1) is 19.3. The van der Waals surface area contributed by atoms with Crippen LogP contribution in [0.25, 0.3) is 66.1 Å². The van der Waals surface area contributed by atoms with Crippen LogP contribution in [0.5, 0.6) is 0 Å². The highest BCUT2D eigenvalue weighted by Gasteiger charge is 2.25. The number of rotatable bonds is 4. The average Bonchev–Trinajstić information content (AvgIpc) is 3.02. The molecule has 0 radical (unpaired) electrons. The molecule has 0 aromatic heterocycles. The highest BCUT2D eigenvalue weighted by Crippen LogP contribution is 2.53. The Hall–Kier alpha value is -5.18. The molecule has 192 valence electrons. The normalized spacial score (nSPS) is 10.9. The van der Waals surface area contributed by atoms with Crippen LogP contribution >= 0.6 is 0 Å². The van der Waals surface area contributed by atoms with E-state index in [1.807, 2.05) is 0 Å². The molecule has 7 aromatic rings. The summed E-state index contributed by atoms with van der Waals surface area (Å²) in [6, 6.07) is 53.7. The van der Waals surface area contributed by atoms with Crippen LogP contribution in [0.4, 0.5) is 5.69 Å². The highest BCUT2D eigenvalue weighted by atomic mass is 14.6. The molecule has 7 rings (SSSR count). The summed E-state index contributed by atoms with van der Waals surface area (Å²) >= 11 is 0. The van der Waals surface area contributed by atoms with E-state index in [9.17, 15) is 0 Å². The summed E-state index contributed by atoms with van der Waals surface area (Å²) in [4.78, 5) is 0. The van der Waals surface area contributed by atoms with Gasteiger partial charge in [-0.25, -0.2) is 0 Å². The zero-order valence-electron chi connectivity index (χ0n) is 22.2. The standard InChI is InChI=1S/C38H27N.H3N/c39-38-31-24-14-13-23-30(31)25-32-33(26-15-5-1-6-16-26)34(27-17-7-2-8-18-27)35(28-19-9-3-10-20-28)36(37(32)38)29-21-11-4-12-22-29;/h1-25H,39H2;1H3. The zero-order valence-corrected chi connectivity index (χ0v) is 22.2. The molecule has 0 unspecified atom stereocenters. The number of benzene rings is 7. The average molecular weight is 515 g/mol. The third-order valence-corrected chi connectivity index (χ3v) is 7.61. The van der Waals surface area contributed by atoms with Gasteiger partial charge in [0.15, 0.2) is 0 Å². The van der Waals surface area contributed by atoms with Gasteiger partial charge >= 0.3 is 0 Å². The number of nitrogens with two attached hydrogens (primary N) is 1. The van der Waals surface area contributed by atoms with Gasteiger partial charge in [0, 0.05) is 22.0 Å². The fourth-order valence-electron chi connectivity index (χ4n) is 5.94. The third-order valence-electron chi connectivity index (χ3n) is 7.61. The van der Waals surface area contributed by atoms with Crippen molar-refractivity contribution in [3.63, 3.8) is 0 Å². The van der Waals surface area contributed by atoms with Crippen molar-refractivity contribution in [1.82, 2.24) is 6.15 Å². The molecule has 0 aliphatic heterocycles. The lowest BCUT2D eigenvalue weighted by atomic mass is 9.78. The first-order valence-corrected chi connectivity index (χ1v) is 13.3. The lowest BCUT2D eigenvalue weighted by Gasteiger charge is -2.25. The van der Waals surface area contributed by atoms with Crippen molar-refractivity contribution in [3.05, 3.63) is 152 Å². The van der Waals surface area contributed by atoms with Gasteiger partial charge in [0.1, 0.15) is 0 Å². The van der Waals surface area contributed by atoms with Gasteiger partial charge in [0.05, 0.1) is 0 Å². The maximum absolute atomic E-state index is 7.18. The molecule has 0 aliphatic rings. The topological polar surface area (TPSA) is 61.0 Å². The summed E-state index contributed by atoms with van der Waals surface area (Å²) in [5.41, 5.74) is 17.4. The maximum atomic E-state index is 7.18. The second-order valence-electron chi connectivity index (χ2n) is 9.90. The Morgan fingerprint density at radius 1 is 0.350 bits per heavy atom. The minimum atomic E-state index is 0. The van der Waals surface area contributed by atoms with Gasteiger partial charge < -0.3 is 11.9 Å². The molecule has 0 heterocycles. The van der Waals surface area contributed by atoms with Crippen LogP contribution in [0.3, 0.4) is 0 Å². The summed E-state index contributed by atoms with van der Waals surface area (Å²) in [6.07, 6.45) is 0. The van der Waals surface area contributed by atoms with Crippen LogP contribution < -0.4 is 11.9 Å². The Balaban J connectivity index is 0.00000289. The Kier molecular flexibility index (Phi) is 6.61. The van der Waals surface area contributed by atoms with Crippen LogP contribution in [0.1, 0.15) is 0 Å². The van der Waals surface area contributed by atoms with Gasteiger partial charge in [-0.2, -0.15) is 0 Å². The third kappa shape index (κ3) is 4.12. The van der Waals surface area contributed by atoms with Crippen molar-refractivity contribution in [2.45, 2.75) is 0 Å². The predicted octanol–water partition coefficient (Wildman–Crippen LogP) is 10.4. The fourth-order valence-corrected chi connectivity index (χ4v) is 5.94. The Morgan fingerprint density at radius 2 is 0.725 bits per heavy atom. The van der Waals surface area contributed by atoms with E-state index < -0.39 is 0 Å². The van der Waals surface area contributed by atoms with Crippen LogP contribution in [0, 0.1) is 0 Å². The van der Waals surface area contributed by atoms with Gasteiger partial charge in [-0.15, -0.1) is 0 Å². The van der Waals surface area contributed by atoms with Gasteiger partial charge in [-0.3, -0.25) is 0 Å². The van der Waals surface area contributed by atoms with Gasteiger partial charge in [0.2, 0.25) is 0 Å². The van der Waals surface area contributed by atoms with Crippen LogP contribution in [-0.4, -0.2) is 0 Å². The summed E-state index contributed by atoms with van der Waals surface area (Å²) in [7, 11) is 0. The van der Waals surface area contributed by atoms with Crippen LogP contribution in [0.15, 0.2) is 152 Å². The zero-order chi connectivity index (χ0) is 26.2. The van der Waals surface area contributed by atoms with E-state index in [-0.39, 0.29) is 6.15 Å². The minimum Gasteiger partial charge on any atom is -0.398 e. The van der Waals surface area contributed by atoms with Crippen molar-refractivity contribution in [1.29, 1.82) is 0 Å². The molecule has 0 amide bonds. The van der Waals surface area contributed by atoms with Gasteiger partial charge in [-0.05, 0) is 55.8 Å². The first-order valence-electron chi connectivity index (χ1n) is 13.3. The summed E-state index contributed by atoms with van der Waals surface area (Å²) in [5, 5.41) is 4.48. The Bertz CT molecular complexity index is 1930. The molecular formula is C38H30N2. The number of hydrogen-bond acceptors (Lipinski definition) is 2. The second-order valence-corrected chi connectivity index (χ2v) is 9.90. The van der Waals surface area contributed by atoms with E-state index in [4.69, 9.17) is 5.73 Å². The molecule has 2 heteroatoms. The highest BCUT2D eigenvalue weighted by molar-refractivity contribution is 6.25. The first kappa shape index (κ1) is 25.1. The molecule has 0 saturated carbocycles. The van der Waals surface area contributed by atoms with E-state index in [0.29, 0.717) is 0 Å². The van der Waals surface area contributed by atoms with E-state index in [1.165, 1.54) is 38.9 Å². The summed E-state index contributed by atoms with van der Waals surface area (Å²) < 4.78 is 0. The second kappa shape index (κ2) is 10.5. The molecule has 40 heavy (non-hydrogen) atoms. The van der Waals surface area contributed by atoms with Crippen molar-refractivity contribution in [3.8, 4) is 44.5 Å². The number of anilines is 1. The largest absolute Gasteiger partial charge is 0.398 e. The van der Waals surface area contributed by atoms with E-state index in [0.717, 1.165) is 32.8 Å². The minimum absolute atomic E-state index is 0. The van der Waals surface area contributed by atoms with Gasteiger partial charge in [-0.1, -0.05) is 146 Å². The molecule has 0 spiro atoms. The van der Waals surface area contributed by atoms with E-state index in [1.54, 1.807) is 0 Å². The lowest BCUT2D eigenvalue weighted by molar-refractivity contribution is 1.57. The molecule has 0 fully saturated rings. The lowest BCUT2D eigenvalue weighted by Crippen LogP contribution is -2.00. The monoisotopic (exact) mass is 514 g/mol. The predicted molar refractivity (Wildman–Crippen MR) is 173 cm³/mol. The fraction of sp³-hybridized carbons (Fsp3) is 0. The summed E-state index contributed by atoms with van der Waals surface area (Å²) in [6.45, 7) is 0. The quantitative estimate of drug-likeness (QED) is 0.181. The number of nitrogen functional groups attached to an aromatic ring is 1. The number of fused-ring (bicyclic) bond motifs is 2. The molecule has 2 nitrogen and oxygen atoms in total. The van der Waals surface area contributed by atoms with Crippen molar-refractivity contribution in [2.75, 3.05) is 5.73 Å². The Labute approximate surface area is 234 Å². The summed E-state index contributed by atoms with van der Waals surface area (Å²) in [5.74, 6) is 0. The van der Waals surface area contributed by atoms with Crippen molar-refractivity contribution >= 4 is 27.2 Å². The molecule has 5 N–H and O–H groups in total. The van der Waals surface area contributed by atoms with E-state index >= 15 is 0 Å². The van der Waals surface area contributed by atoms with Gasteiger partial charge in [0.25, 0.3) is 0 Å². The van der Waals surface area contributed by atoms with Crippen LogP contribution in [-0.2, 0) is 0 Å². The van der Waals surface area contributed by atoms with Crippen molar-refractivity contribution in [2.24, 2.45) is 0 Å². The van der Waals surface area contributed by atoms with Crippen molar-refractivity contribution < 1.29 is 0 Å². The van der Waals surface area contributed by atoms with Crippen LogP contribution in [0.2, 0.25) is 0 Å². The Morgan fingerprint density at radius 3 is 1.23 bits per heavy atom. The maximum Gasteiger partial charge on any atom is 0.0480 e. The van der Waals surface area contributed by atoms with E-state index in [2.05, 4.69) is 152 Å². The molecular weight excluding hydrogens is 484 g/mol.